The van der Waals surface area contributed by atoms with E-state index < -0.39 is 15.9 Å². The van der Waals surface area contributed by atoms with E-state index in [9.17, 15) is 13.2 Å². The molecule has 0 spiro atoms. The van der Waals surface area contributed by atoms with E-state index in [4.69, 9.17) is 9.26 Å². The van der Waals surface area contributed by atoms with Crippen LogP contribution in [0.3, 0.4) is 0 Å². The minimum atomic E-state index is -3.43. The van der Waals surface area contributed by atoms with Gasteiger partial charge in [-0.3, -0.25) is 9.52 Å². The number of methoxy groups -OCH3 is 1. The van der Waals surface area contributed by atoms with Crippen LogP contribution in [0, 0.1) is 0 Å². The maximum Gasteiger partial charge on any atom is 0.251 e. The highest BCUT2D eigenvalue weighted by Crippen LogP contribution is 2.19. The van der Waals surface area contributed by atoms with E-state index in [1.165, 1.54) is 6.07 Å². The molecule has 0 aliphatic carbocycles. The molecular formula is C18H18N4O5S. The van der Waals surface area contributed by atoms with Crippen LogP contribution < -0.4 is 14.8 Å². The Morgan fingerprint density at radius 3 is 2.61 bits per heavy atom. The molecule has 2 aromatic carbocycles. The number of sulfonamides is 1. The predicted octanol–water partition coefficient (Wildman–Crippen LogP) is 2.05. The average Bonchev–Trinajstić information content (AvgIpc) is 3.14. The van der Waals surface area contributed by atoms with Gasteiger partial charge in [-0.25, -0.2) is 8.42 Å². The van der Waals surface area contributed by atoms with E-state index in [1.807, 2.05) is 0 Å². The lowest BCUT2D eigenvalue weighted by Crippen LogP contribution is -2.23. The van der Waals surface area contributed by atoms with E-state index in [-0.39, 0.29) is 12.4 Å². The Bertz CT molecular complexity index is 1080. The van der Waals surface area contributed by atoms with E-state index in [0.717, 1.165) is 11.8 Å². The van der Waals surface area contributed by atoms with Gasteiger partial charge in [-0.15, -0.1) is 0 Å². The summed E-state index contributed by atoms with van der Waals surface area (Å²) in [6, 6.07) is 13.3. The first-order chi connectivity index (χ1) is 13.3. The maximum absolute atomic E-state index is 12.3. The van der Waals surface area contributed by atoms with Crippen LogP contribution in [0.2, 0.25) is 0 Å². The number of ether oxygens (including phenoxy) is 1. The van der Waals surface area contributed by atoms with E-state index in [0.29, 0.717) is 22.8 Å². The average molecular weight is 402 g/mol. The Kier molecular flexibility index (Phi) is 5.59. The highest BCUT2D eigenvalue weighted by atomic mass is 32.2. The highest BCUT2D eigenvalue weighted by molar-refractivity contribution is 7.92. The van der Waals surface area contributed by atoms with E-state index in [2.05, 4.69) is 20.2 Å². The lowest BCUT2D eigenvalue weighted by molar-refractivity contribution is 0.0946. The molecule has 10 heteroatoms. The molecule has 0 saturated carbocycles. The van der Waals surface area contributed by atoms with Crippen molar-refractivity contribution in [1.29, 1.82) is 0 Å². The number of benzene rings is 2. The molecule has 0 fully saturated rings. The molecule has 0 saturated heterocycles. The van der Waals surface area contributed by atoms with Crippen LogP contribution in [0.1, 0.15) is 16.2 Å². The number of anilines is 1. The van der Waals surface area contributed by atoms with Crippen molar-refractivity contribution in [3.8, 4) is 17.1 Å². The number of nitrogens with one attached hydrogen (secondary N) is 2. The summed E-state index contributed by atoms with van der Waals surface area (Å²) < 4.78 is 35.2. The first kappa shape index (κ1) is 19.4. The highest BCUT2D eigenvalue weighted by Gasteiger charge is 2.12. The van der Waals surface area contributed by atoms with Gasteiger partial charge in [-0.05, 0) is 42.5 Å². The van der Waals surface area contributed by atoms with Crippen LogP contribution in [0.5, 0.6) is 5.75 Å². The third-order valence-electron chi connectivity index (χ3n) is 3.64. The van der Waals surface area contributed by atoms with Gasteiger partial charge in [0.25, 0.3) is 5.91 Å². The van der Waals surface area contributed by atoms with Crippen molar-refractivity contribution in [3.63, 3.8) is 0 Å². The van der Waals surface area contributed by atoms with Crippen LogP contribution in [0.4, 0.5) is 5.69 Å². The Morgan fingerprint density at radius 2 is 1.93 bits per heavy atom. The van der Waals surface area contributed by atoms with Crippen molar-refractivity contribution in [1.82, 2.24) is 15.5 Å². The molecule has 3 rings (SSSR count). The monoisotopic (exact) mass is 402 g/mol. The van der Waals surface area contributed by atoms with Gasteiger partial charge >= 0.3 is 0 Å². The summed E-state index contributed by atoms with van der Waals surface area (Å²) in [6.07, 6.45) is 1.04. The van der Waals surface area contributed by atoms with Gasteiger partial charge in [0.05, 0.1) is 19.9 Å². The molecular weight excluding hydrogens is 384 g/mol. The molecule has 0 atom stereocenters. The molecule has 3 aromatic rings. The second-order valence-corrected chi connectivity index (χ2v) is 7.63. The molecule has 0 aliphatic heterocycles. The number of carbonyl (C=O) groups excluding carboxylic acids is 1. The van der Waals surface area contributed by atoms with Crippen molar-refractivity contribution in [2.24, 2.45) is 0 Å². The quantitative estimate of drug-likeness (QED) is 0.620. The number of aromatic nitrogens is 2. The molecule has 0 radical (unpaired) electrons. The zero-order chi connectivity index (χ0) is 20.1. The molecule has 1 amide bonds. The van der Waals surface area contributed by atoms with Gasteiger partial charge in [-0.1, -0.05) is 11.2 Å². The van der Waals surface area contributed by atoms with Crippen molar-refractivity contribution in [2.75, 3.05) is 18.1 Å². The SMILES string of the molecule is COc1ccc(-c2noc(CNC(=O)c3cccc(NS(C)(=O)=O)c3)n2)cc1. The first-order valence-electron chi connectivity index (χ1n) is 8.17. The van der Waals surface area contributed by atoms with Gasteiger partial charge in [0, 0.05) is 16.8 Å². The summed E-state index contributed by atoms with van der Waals surface area (Å²) in [5.74, 6) is 0.949. The molecule has 9 nitrogen and oxygen atoms in total. The summed E-state index contributed by atoms with van der Waals surface area (Å²) in [6.45, 7) is 0.0335. The Balaban J connectivity index is 1.63. The Hall–Kier alpha value is -3.40. The number of amides is 1. The molecule has 0 aliphatic rings. The van der Waals surface area contributed by atoms with Crippen molar-refractivity contribution < 1.29 is 22.5 Å². The summed E-state index contributed by atoms with van der Waals surface area (Å²) >= 11 is 0. The lowest BCUT2D eigenvalue weighted by Gasteiger charge is -2.06. The Morgan fingerprint density at radius 1 is 1.18 bits per heavy atom. The third-order valence-corrected chi connectivity index (χ3v) is 4.25. The van der Waals surface area contributed by atoms with Crippen LogP contribution in [-0.4, -0.2) is 37.8 Å². The minimum absolute atomic E-state index is 0.0335. The van der Waals surface area contributed by atoms with Gasteiger partial charge in [0.1, 0.15) is 5.75 Å². The third kappa shape index (κ3) is 5.07. The second-order valence-electron chi connectivity index (χ2n) is 5.88. The standard InChI is InChI=1S/C18H18N4O5S/c1-26-15-8-6-12(7-9-15)17-20-16(27-21-17)11-19-18(23)13-4-3-5-14(10-13)22-28(2,24)25/h3-10,22H,11H2,1-2H3,(H,19,23). The molecule has 1 aromatic heterocycles. The van der Waals surface area contributed by atoms with Gasteiger partial charge in [-0.2, -0.15) is 4.98 Å². The minimum Gasteiger partial charge on any atom is -0.497 e. The van der Waals surface area contributed by atoms with Crippen LogP contribution >= 0.6 is 0 Å². The van der Waals surface area contributed by atoms with Crippen LogP contribution in [0.15, 0.2) is 53.1 Å². The maximum atomic E-state index is 12.3. The molecule has 0 bridgehead atoms. The zero-order valence-electron chi connectivity index (χ0n) is 15.2. The fraction of sp³-hybridized carbons (Fsp3) is 0.167. The van der Waals surface area contributed by atoms with Gasteiger partial charge in [0.2, 0.25) is 21.7 Å². The van der Waals surface area contributed by atoms with E-state index >= 15 is 0 Å². The van der Waals surface area contributed by atoms with Crippen LogP contribution in [-0.2, 0) is 16.6 Å². The number of hydrogen-bond acceptors (Lipinski definition) is 7. The molecule has 146 valence electrons. The number of nitrogens with zero attached hydrogens (tertiary/aromatic N) is 2. The lowest BCUT2D eigenvalue weighted by atomic mass is 10.2. The zero-order valence-corrected chi connectivity index (χ0v) is 16.0. The van der Waals surface area contributed by atoms with E-state index in [1.54, 1.807) is 49.6 Å². The summed E-state index contributed by atoms with van der Waals surface area (Å²) in [5.41, 5.74) is 1.35. The molecule has 2 N–H and O–H groups in total. The number of hydrogen-bond donors (Lipinski definition) is 2. The van der Waals surface area contributed by atoms with Gasteiger partial charge in [0.15, 0.2) is 0 Å². The first-order valence-corrected chi connectivity index (χ1v) is 10.1. The summed E-state index contributed by atoms with van der Waals surface area (Å²) in [7, 11) is -1.85. The Labute approximate surface area is 161 Å². The normalized spacial score (nSPS) is 11.1. The number of rotatable bonds is 7. The molecule has 28 heavy (non-hydrogen) atoms. The number of carbonyl (C=O) groups is 1. The van der Waals surface area contributed by atoms with Gasteiger partial charge < -0.3 is 14.6 Å². The molecule has 0 unspecified atom stereocenters. The smallest absolute Gasteiger partial charge is 0.251 e. The van der Waals surface area contributed by atoms with Crippen molar-refractivity contribution >= 4 is 21.6 Å². The van der Waals surface area contributed by atoms with Crippen molar-refractivity contribution in [2.45, 2.75) is 6.54 Å². The topological polar surface area (TPSA) is 123 Å². The van der Waals surface area contributed by atoms with Crippen molar-refractivity contribution in [3.05, 3.63) is 60.0 Å². The molecule has 1 heterocycles. The summed E-state index contributed by atoms with van der Waals surface area (Å²) in [5, 5.41) is 6.55. The fourth-order valence-electron chi connectivity index (χ4n) is 2.38. The fourth-order valence-corrected chi connectivity index (χ4v) is 2.94. The van der Waals surface area contributed by atoms with Crippen LogP contribution in [0.25, 0.3) is 11.4 Å². The largest absolute Gasteiger partial charge is 0.497 e. The predicted molar refractivity (Wildman–Crippen MR) is 102 cm³/mol. The summed E-state index contributed by atoms with van der Waals surface area (Å²) in [4.78, 5) is 16.5. The second kappa shape index (κ2) is 8.09.